The van der Waals surface area contributed by atoms with E-state index in [0.717, 1.165) is 49.8 Å². The summed E-state index contributed by atoms with van der Waals surface area (Å²) >= 11 is 0. The van der Waals surface area contributed by atoms with Crippen molar-refractivity contribution in [3.05, 3.63) is 117 Å². The Bertz CT molecular complexity index is 1710. The lowest BCUT2D eigenvalue weighted by atomic mass is 10.0. The molecule has 4 heterocycles. The highest BCUT2D eigenvalue weighted by molar-refractivity contribution is 5.96. The van der Waals surface area contributed by atoms with Crippen LogP contribution >= 0.6 is 0 Å². The van der Waals surface area contributed by atoms with Crippen LogP contribution in [0.1, 0.15) is 40.6 Å². The Morgan fingerprint density at radius 2 is 1.87 bits per heavy atom. The number of nitrogens with one attached hydrogen (secondary N) is 2. The smallest absolute Gasteiger partial charge is 0.421 e. The van der Waals surface area contributed by atoms with Crippen molar-refractivity contribution in [3.63, 3.8) is 0 Å². The van der Waals surface area contributed by atoms with E-state index in [0.29, 0.717) is 22.5 Å². The Morgan fingerprint density at radius 3 is 2.59 bits per heavy atom. The maximum absolute atomic E-state index is 13.3. The maximum atomic E-state index is 13.3. The number of hydrogen-bond acceptors (Lipinski definition) is 6. The quantitative estimate of drug-likeness (QED) is 0.345. The van der Waals surface area contributed by atoms with E-state index in [2.05, 4.69) is 22.4 Å². The van der Waals surface area contributed by atoms with Crippen LogP contribution in [0.5, 0.6) is 5.75 Å². The van der Waals surface area contributed by atoms with Crippen LogP contribution in [0.3, 0.4) is 0 Å². The molecule has 1 aliphatic rings. The molecule has 0 saturated heterocycles. The second kappa shape index (κ2) is 9.94. The fourth-order valence-corrected chi connectivity index (χ4v) is 4.59. The first kappa shape index (κ1) is 26.0. The van der Waals surface area contributed by atoms with Crippen LogP contribution < -0.4 is 21.1 Å². The third-order valence-electron chi connectivity index (χ3n) is 6.76. The third kappa shape index (κ3) is 4.97. The minimum Gasteiger partial charge on any atom is -0.487 e. The van der Waals surface area contributed by atoms with Gasteiger partial charge in [-0.2, -0.15) is 13.2 Å². The lowest BCUT2D eigenvalue weighted by Crippen LogP contribution is -2.29. The zero-order chi connectivity index (χ0) is 27.9. The minimum absolute atomic E-state index is 0.0884. The Kier molecular flexibility index (Phi) is 6.63. The summed E-state index contributed by atoms with van der Waals surface area (Å²) in [7, 11) is 0. The number of pyridine rings is 3. The molecule has 1 aliphatic heterocycles. The molecule has 0 radical (unpaired) electrons. The fraction of sp³-hybridized carbons (Fsp3) is 0.207. The first-order valence-corrected chi connectivity index (χ1v) is 12.2. The van der Waals surface area contributed by atoms with Gasteiger partial charge in [-0.15, -0.1) is 0 Å². The number of aromatic nitrogens is 3. The van der Waals surface area contributed by atoms with Crippen LogP contribution in [0.2, 0.25) is 0 Å². The van der Waals surface area contributed by atoms with Crippen LogP contribution in [0.25, 0.3) is 16.6 Å². The van der Waals surface area contributed by atoms with E-state index in [4.69, 9.17) is 9.72 Å². The standard InChI is InChI=1S/C29H26F3N5O2/c1-16-10-11-33-24(14-37-12-6-8-23(28(37)38)29(30,31)32)22(16)15-39-25-9-5-7-20-21(13-17(2)34-27(20)25)26-18(3)19(4)35-36-26/h5-13,35-36H,4,14-15H2,1-3H3. The van der Waals surface area contributed by atoms with Crippen LogP contribution in [0, 0.1) is 13.8 Å². The summed E-state index contributed by atoms with van der Waals surface area (Å²) in [5.41, 5.74) is 11.0. The number of hydrazine groups is 1. The number of hydrogen-bond donors (Lipinski definition) is 2. The van der Waals surface area contributed by atoms with Crippen molar-refractivity contribution in [1.29, 1.82) is 0 Å². The van der Waals surface area contributed by atoms with Crippen LogP contribution in [0.4, 0.5) is 13.2 Å². The Balaban J connectivity index is 1.50. The van der Waals surface area contributed by atoms with Crippen molar-refractivity contribution in [1.82, 2.24) is 25.4 Å². The topological polar surface area (TPSA) is 81.1 Å². The van der Waals surface area contributed by atoms with Crippen LogP contribution in [0.15, 0.2) is 77.5 Å². The van der Waals surface area contributed by atoms with Gasteiger partial charge < -0.3 is 14.7 Å². The van der Waals surface area contributed by atoms with Gasteiger partial charge in [0.25, 0.3) is 5.56 Å². The highest BCUT2D eigenvalue weighted by Crippen LogP contribution is 2.34. The van der Waals surface area contributed by atoms with E-state index < -0.39 is 17.3 Å². The predicted octanol–water partition coefficient (Wildman–Crippen LogP) is 5.41. The number of ether oxygens (including phenoxy) is 1. The molecule has 4 aromatic rings. The van der Waals surface area contributed by atoms with Crippen molar-refractivity contribution in [2.45, 2.75) is 40.1 Å². The lowest BCUT2D eigenvalue weighted by molar-refractivity contribution is -0.138. The summed E-state index contributed by atoms with van der Waals surface area (Å²) < 4.78 is 47.1. The number of aryl methyl sites for hydroxylation is 2. The molecule has 0 aliphatic carbocycles. The normalized spacial score (nSPS) is 13.5. The van der Waals surface area contributed by atoms with E-state index in [1.165, 1.54) is 12.3 Å². The number of nitrogens with zero attached hydrogens (tertiary/aromatic N) is 3. The van der Waals surface area contributed by atoms with Gasteiger partial charge in [0, 0.05) is 34.6 Å². The van der Waals surface area contributed by atoms with Crippen molar-refractivity contribution in [2.24, 2.45) is 0 Å². The van der Waals surface area contributed by atoms with Gasteiger partial charge in [0.05, 0.1) is 23.6 Å². The molecular weight excluding hydrogens is 507 g/mol. The molecular formula is C29H26F3N5O2. The van der Waals surface area contributed by atoms with Gasteiger partial charge >= 0.3 is 6.18 Å². The number of benzene rings is 1. The van der Waals surface area contributed by atoms with Gasteiger partial charge in [-0.05, 0) is 62.2 Å². The van der Waals surface area contributed by atoms with Gasteiger partial charge in [-0.3, -0.25) is 15.2 Å². The van der Waals surface area contributed by atoms with Gasteiger partial charge in [-0.25, -0.2) is 4.98 Å². The van der Waals surface area contributed by atoms with Gasteiger partial charge in [0.1, 0.15) is 23.4 Å². The van der Waals surface area contributed by atoms with Crippen molar-refractivity contribution >= 4 is 16.6 Å². The zero-order valence-electron chi connectivity index (χ0n) is 21.6. The summed E-state index contributed by atoms with van der Waals surface area (Å²) in [6.45, 7) is 9.72. The molecule has 39 heavy (non-hydrogen) atoms. The molecule has 2 N–H and O–H groups in total. The molecule has 0 atom stereocenters. The number of para-hydroxylation sites is 1. The molecule has 0 amide bonds. The average molecular weight is 534 g/mol. The highest BCUT2D eigenvalue weighted by Gasteiger charge is 2.34. The summed E-state index contributed by atoms with van der Waals surface area (Å²) in [6.07, 6.45) is -1.85. The molecule has 10 heteroatoms. The van der Waals surface area contributed by atoms with E-state index in [1.807, 2.05) is 45.0 Å². The molecule has 3 aromatic heterocycles. The molecule has 0 spiro atoms. The maximum Gasteiger partial charge on any atom is 0.421 e. The van der Waals surface area contributed by atoms with Crippen LogP contribution in [-0.2, 0) is 19.3 Å². The monoisotopic (exact) mass is 533 g/mol. The molecule has 0 bridgehead atoms. The summed E-state index contributed by atoms with van der Waals surface area (Å²) in [4.78, 5) is 21.6. The Labute approximate surface area is 222 Å². The third-order valence-corrected chi connectivity index (χ3v) is 6.76. The van der Waals surface area contributed by atoms with E-state index in [-0.39, 0.29) is 13.2 Å². The molecule has 0 fully saturated rings. The lowest BCUT2D eigenvalue weighted by Gasteiger charge is -2.17. The molecule has 1 aromatic carbocycles. The van der Waals surface area contributed by atoms with Crippen molar-refractivity contribution < 1.29 is 17.9 Å². The van der Waals surface area contributed by atoms with Gasteiger partial charge in [0.2, 0.25) is 0 Å². The fourth-order valence-electron chi connectivity index (χ4n) is 4.59. The predicted molar refractivity (Wildman–Crippen MR) is 143 cm³/mol. The number of alkyl halides is 3. The molecule has 5 rings (SSSR count). The second-order valence-electron chi connectivity index (χ2n) is 9.39. The summed E-state index contributed by atoms with van der Waals surface area (Å²) in [5, 5.41) is 0.884. The summed E-state index contributed by atoms with van der Waals surface area (Å²) in [5.74, 6) is 0.547. The molecule has 200 valence electrons. The van der Waals surface area contributed by atoms with Gasteiger partial charge in [-0.1, -0.05) is 18.7 Å². The number of rotatable bonds is 6. The van der Waals surface area contributed by atoms with E-state index in [9.17, 15) is 18.0 Å². The molecule has 7 nitrogen and oxygen atoms in total. The van der Waals surface area contributed by atoms with E-state index >= 15 is 0 Å². The first-order chi connectivity index (χ1) is 18.5. The van der Waals surface area contributed by atoms with Crippen molar-refractivity contribution in [2.75, 3.05) is 0 Å². The van der Waals surface area contributed by atoms with Crippen molar-refractivity contribution in [3.8, 4) is 5.75 Å². The van der Waals surface area contributed by atoms with E-state index in [1.54, 1.807) is 12.3 Å². The number of halogens is 3. The zero-order valence-corrected chi connectivity index (χ0v) is 21.6. The first-order valence-electron chi connectivity index (χ1n) is 12.2. The van der Waals surface area contributed by atoms with Crippen LogP contribution in [-0.4, -0.2) is 14.5 Å². The number of fused-ring (bicyclic) bond motifs is 1. The highest BCUT2D eigenvalue weighted by atomic mass is 19.4. The van der Waals surface area contributed by atoms with Gasteiger partial charge in [0.15, 0.2) is 0 Å². The minimum atomic E-state index is -4.74. The Morgan fingerprint density at radius 1 is 1.08 bits per heavy atom. The second-order valence-corrected chi connectivity index (χ2v) is 9.39. The average Bonchev–Trinajstić information content (AvgIpc) is 3.21. The SMILES string of the molecule is C=C1NNC(c2cc(C)nc3c(OCc4c(C)ccnc4Cn4cccc(C(F)(F)F)c4=O)cccc23)=C1C. The molecule has 0 saturated carbocycles. The summed E-state index contributed by atoms with van der Waals surface area (Å²) in [6, 6.07) is 11.4. The Hall–Kier alpha value is -4.60. The largest absolute Gasteiger partial charge is 0.487 e. The number of allylic oxidation sites excluding steroid dienone is 1. The molecule has 0 unspecified atom stereocenters.